The number of carbonyl (C=O) groups excluding carboxylic acids is 1. The van der Waals surface area contributed by atoms with Gasteiger partial charge in [0, 0.05) is 24.2 Å². The third-order valence-electron chi connectivity index (χ3n) is 8.74. The molecule has 29 heavy (non-hydrogen) atoms. The van der Waals surface area contributed by atoms with E-state index in [2.05, 4.69) is 11.0 Å². The molecule has 7 rings (SSSR count). The van der Waals surface area contributed by atoms with E-state index in [0.717, 1.165) is 30.8 Å². The molecule has 2 bridgehead atoms. The van der Waals surface area contributed by atoms with Gasteiger partial charge in [0.2, 0.25) is 15.9 Å². The normalized spacial score (nSPS) is 44.4. The smallest absolute Gasteiger partial charge is 0.235 e. The molecule has 0 radical (unpaired) electrons. The molecule has 1 amide bonds. The van der Waals surface area contributed by atoms with Gasteiger partial charge < -0.3 is 4.74 Å². The summed E-state index contributed by atoms with van der Waals surface area (Å²) in [6.07, 6.45) is 3.51. The van der Waals surface area contributed by atoms with Gasteiger partial charge in [-0.1, -0.05) is 29.8 Å². The first-order valence-electron chi connectivity index (χ1n) is 10.4. The lowest BCUT2D eigenvalue weighted by molar-refractivity contribution is -0.135. The van der Waals surface area contributed by atoms with E-state index in [0.29, 0.717) is 13.0 Å². The molecule has 4 fully saturated rings. The van der Waals surface area contributed by atoms with Crippen molar-refractivity contribution >= 4 is 21.6 Å². The fourth-order valence-corrected chi connectivity index (χ4v) is 10.1. The molecule has 1 aromatic rings. The maximum Gasteiger partial charge on any atom is 0.235 e. The van der Waals surface area contributed by atoms with Crippen molar-refractivity contribution in [2.24, 2.45) is 17.0 Å². The Labute approximate surface area is 169 Å². The number of primary sulfonamides is 1. The van der Waals surface area contributed by atoms with Crippen LogP contribution in [0, 0.1) is 11.8 Å². The zero-order chi connectivity index (χ0) is 19.8. The SMILES string of the molecule is NS(=O)(=O)C12[C@H]3C4CC(=O)N1c1ccccc1[C@@]21CCN2CC(=CCO4)[C@@H]3C[C@H]21. The molecule has 2 unspecified atom stereocenters. The van der Waals surface area contributed by atoms with Gasteiger partial charge in [0.05, 0.1) is 24.5 Å². The highest BCUT2D eigenvalue weighted by atomic mass is 32.2. The lowest BCUT2D eigenvalue weighted by atomic mass is 9.53. The van der Waals surface area contributed by atoms with Crippen molar-refractivity contribution in [3.8, 4) is 0 Å². The summed E-state index contributed by atoms with van der Waals surface area (Å²) in [6, 6.07) is 7.83. The summed E-state index contributed by atoms with van der Waals surface area (Å²) in [5.74, 6) is -0.447. The Morgan fingerprint density at radius 2 is 2.07 bits per heavy atom. The quantitative estimate of drug-likeness (QED) is 0.685. The maximum atomic E-state index is 13.7. The second-order valence-electron chi connectivity index (χ2n) is 9.42. The average molecular weight is 413 g/mol. The van der Waals surface area contributed by atoms with Crippen molar-refractivity contribution in [2.45, 2.75) is 41.7 Å². The minimum Gasteiger partial charge on any atom is -0.373 e. The van der Waals surface area contributed by atoms with Crippen molar-refractivity contribution in [1.29, 1.82) is 0 Å². The molecule has 7 nitrogen and oxygen atoms in total. The average Bonchev–Trinajstić information content (AvgIpc) is 3.13. The van der Waals surface area contributed by atoms with Gasteiger partial charge >= 0.3 is 0 Å². The van der Waals surface area contributed by atoms with Crippen molar-refractivity contribution in [3.05, 3.63) is 41.5 Å². The third kappa shape index (κ3) is 1.57. The highest BCUT2D eigenvalue weighted by molar-refractivity contribution is 7.90. The Bertz CT molecular complexity index is 1120. The monoisotopic (exact) mass is 413 g/mol. The van der Waals surface area contributed by atoms with E-state index in [9.17, 15) is 13.2 Å². The maximum absolute atomic E-state index is 13.7. The zero-order valence-electron chi connectivity index (χ0n) is 16.0. The summed E-state index contributed by atoms with van der Waals surface area (Å²) in [7, 11) is -4.14. The molecule has 152 valence electrons. The lowest BCUT2D eigenvalue weighted by Gasteiger charge is -2.63. The Morgan fingerprint density at radius 1 is 1.24 bits per heavy atom. The molecule has 1 aliphatic carbocycles. The van der Waals surface area contributed by atoms with Crippen LogP contribution in [0.2, 0.25) is 0 Å². The molecule has 6 atom stereocenters. The Hall–Kier alpha value is -1.74. The van der Waals surface area contributed by atoms with Crippen LogP contribution >= 0.6 is 0 Å². The van der Waals surface area contributed by atoms with E-state index in [1.165, 1.54) is 5.57 Å². The first-order valence-corrected chi connectivity index (χ1v) is 12.0. The van der Waals surface area contributed by atoms with Crippen LogP contribution in [0.4, 0.5) is 5.69 Å². The number of rotatable bonds is 1. The molecule has 2 N–H and O–H groups in total. The number of hydrogen-bond donors (Lipinski definition) is 1. The number of nitrogens with two attached hydrogens (primary N) is 1. The lowest BCUT2D eigenvalue weighted by Crippen LogP contribution is -2.80. The number of benzene rings is 1. The van der Waals surface area contributed by atoms with Gasteiger partial charge in [-0.15, -0.1) is 0 Å². The molecule has 1 spiro atoms. The molecule has 1 saturated carbocycles. The van der Waals surface area contributed by atoms with Gasteiger partial charge in [-0.2, -0.15) is 0 Å². The van der Waals surface area contributed by atoms with E-state index < -0.39 is 26.4 Å². The van der Waals surface area contributed by atoms with Crippen LogP contribution in [0.1, 0.15) is 24.8 Å². The fourth-order valence-electron chi connectivity index (χ4n) is 8.13. The van der Waals surface area contributed by atoms with E-state index in [1.54, 1.807) is 4.90 Å². The van der Waals surface area contributed by atoms with Crippen LogP contribution in [0.15, 0.2) is 35.9 Å². The minimum atomic E-state index is -4.14. The summed E-state index contributed by atoms with van der Waals surface area (Å²) in [5.41, 5.74) is 2.27. The number of nitrogens with zero attached hydrogens (tertiary/aromatic N) is 2. The zero-order valence-corrected chi connectivity index (χ0v) is 16.8. The summed E-state index contributed by atoms with van der Waals surface area (Å²) in [6.45, 7) is 2.11. The number of para-hydroxylation sites is 1. The van der Waals surface area contributed by atoms with Crippen molar-refractivity contribution in [3.63, 3.8) is 0 Å². The summed E-state index contributed by atoms with van der Waals surface area (Å²) < 4.78 is 33.6. The molecule has 6 aliphatic rings. The molecular weight excluding hydrogens is 390 g/mol. The van der Waals surface area contributed by atoms with Crippen LogP contribution in [0.5, 0.6) is 0 Å². The van der Waals surface area contributed by atoms with Crippen molar-refractivity contribution in [1.82, 2.24) is 4.90 Å². The van der Waals surface area contributed by atoms with Crippen LogP contribution in [-0.4, -0.2) is 55.9 Å². The van der Waals surface area contributed by atoms with Crippen LogP contribution in [0.3, 0.4) is 0 Å². The molecule has 8 heteroatoms. The predicted octanol–water partition coefficient (Wildman–Crippen LogP) is 0.709. The van der Waals surface area contributed by atoms with Gasteiger partial charge in [-0.25, -0.2) is 13.6 Å². The first-order chi connectivity index (χ1) is 13.9. The number of amides is 1. The van der Waals surface area contributed by atoms with Gasteiger partial charge in [-0.05, 0) is 36.9 Å². The standard InChI is InChI=1S/C21H23N3O4S/c22-29(26,27)21-19-13-9-17-20(21)6-7-23(17)11-12(13)5-8-28-16(19)10-18(25)24(21)15-4-2-1-3-14(15)20/h1-5,13,16-17,19H,6-11H2,(H2,22,26,27)/t13-,16?,17-,19+,20+,21?/m0/s1. The van der Waals surface area contributed by atoms with Gasteiger partial charge in [0.1, 0.15) is 0 Å². The van der Waals surface area contributed by atoms with E-state index in [4.69, 9.17) is 9.88 Å². The topological polar surface area (TPSA) is 92.9 Å². The largest absolute Gasteiger partial charge is 0.373 e. The summed E-state index contributed by atoms with van der Waals surface area (Å²) in [5, 5.41) is 6.17. The van der Waals surface area contributed by atoms with Gasteiger partial charge in [-0.3, -0.25) is 14.6 Å². The molecule has 0 aromatic heterocycles. The predicted molar refractivity (Wildman–Crippen MR) is 105 cm³/mol. The number of ether oxygens (including phenoxy) is 1. The number of hydrogen-bond acceptors (Lipinski definition) is 5. The summed E-state index contributed by atoms with van der Waals surface area (Å²) in [4.78, 5) is 16.0. The minimum absolute atomic E-state index is 0.0648. The summed E-state index contributed by atoms with van der Waals surface area (Å²) >= 11 is 0. The number of anilines is 1. The number of fused-ring (bicyclic) bond motifs is 2. The van der Waals surface area contributed by atoms with Gasteiger partial charge in [0.15, 0.2) is 4.87 Å². The molecule has 5 heterocycles. The molecule has 5 aliphatic heterocycles. The highest BCUT2D eigenvalue weighted by Crippen LogP contribution is 2.71. The van der Waals surface area contributed by atoms with Crippen molar-refractivity contribution in [2.75, 3.05) is 24.6 Å². The second kappa shape index (κ2) is 4.94. The Morgan fingerprint density at radius 3 is 2.90 bits per heavy atom. The molecule has 1 aromatic carbocycles. The fraction of sp³-hybridized carbons (Fsp3) is 0.571. The van der Waals surface area contributed by atoms with E-state index in [-0.39, 0.29) is 30.2 Å². The Balaban J connectivity index is 1.67. The number of piperidine rings is 2. The van der Waals surface area contributed by atoms with Crippen LogP contribution in [-0.2, 0) is 25.0 Å². The molecule has 3 saturated heterocycles. The van der Waals surface area contributed by atoms with Crippen LogP contribution < -0.4 is 10.0 Å². The van der Waals surface area contributed by atoms with Crippen LogP contribution in [0.25, 0.3) is 0 Å². The first kappa shape index (κ1) is 17.0. The van der Waals surface area contributed by atoms with Crippen molar-refractivity contribution < 1.29 is 17.9 Å². The van der Waals surface area contributed by atoms with E-state index in [1.807, 2.05) is 24.3 Å². The van der Waals surface area contributed by atoms with E-state index >= 15 is 0 Å². The van der Waals surface area contributed by atoms with Gasteiger partial charge in [0.25, 0.3) is 0 Å². The number of carbonyl (C=O) groups is 1. The third-order valence-corrected chi connectivity index (χ3v) is 10.4. The number of sulfonamides is 1. The molecular formula is C21H23N3O4S. The Kier molecular flexibility index (Phi) is 2.89. The highest BCUT2D eigenvalue weighted by Gasteiger charge is 2.82. The second-order valence-corrected chi connectivity index (χ2v) is 11.1.